The van der Waals surface area contributed by atoms with E-state index in [-0.39, 0.29) is 5.92 Å². The van der Waals surface area contributed by atoms with Gasteiger partial charge in [0.15, 0.2) is 0 Å². The Hall–Kier alpha value is -0.530. The van der Waals surface area contributed by atoms with Crippen molar-refractivity contribution < 1.29 is 4.79 Å². The van der Waals surface area contributed by atoms with Crippen LogP contribution in [-0.4, -0.2) is 6.29 Å². The van der Waals surface area contributed by atoms with Crippen molar-refractivity contribution in [2.75, 3.05) is 0 Å². The Kier molecular flexibility index (Phi) is 4.43. The summed E-state index contributed by atoms with van der Waals surface area (Å²) in [6.45, 7) is 1.91. The summed E-state index contributed by atoms with van der Waals surface area (Å²) in [5.41, 5.74) is 1.12. The number of benzene rings is 1. The van der Waals surface area contributed by atoms with Gasteiger partial charge in [-0.2, -0.15) is 0 Å². The van der Waals surface area contributed by atoms with E-state index in [1.165, 1.54) is 0 Å². The molecule has 0 radical (unpaired) electrons. The Bertz CT molecular complexity index is 323. The van der Waals surface area contributed by atoms with Crippen LogP contribution < -0.4 is 0 Å². The zero-order valence-electron chi connectivity index (χ0n) is 7.97. The van der Waals surface area contributed by atoms with E-state index in [0.717, 1.165) is 24.7 Å². The highest BCUT2D eigenvalue weighted by atomic mass is 35.5. The highest BCUT2D eigenvalue weighted by Crippen LogP contribution is 2.23. The van der Waals surface area contributed by atoms with Gasteiger partial charge in [0, 0.05) is 5.92 Å². The van der Waals surface area contributed by atoms with E-state index in [4.69, 9.17) is 23.2 Å². The van der Waals surface area contributed by atoms with Crippen LogP contribution in [0.4, 0.5) is 0 Å². The second-order valence-electron chi connectivity index (χ2n) is 3.40. The average molecular weight is 231 g/mol. The molecule has 0 aliphatic rings. The summed E-state index contributed by atoms with van der Waals surface area (Å²) in [4.78, 5) is 10.4. The zero-order valence-corrected chi connectivity index (χ0v) is 9.48. The van der Waals surface area contributed by atoms with Gasteiger partial charge in [-0.05, 0) is 30.5 Å². The molecular weight excluding hydrogens is 219 g/mol. The fraction of sp³-hybridized carbons (Fsp3) is 0.364. The standard InChI is InChI=1S/C11H12Cl2O/c1-8(7-14)2-3-9-4-5-10(12)11(13)6-9/h4-8H,2-3H2,1H3. The summed E-state index contributed by atoms with van der Waals surface area (Å²) in [6, 6.07) is 5.57. The molecule has 1 unspecified atom stereocenters. The van der Waals surface area contributed by atoms with Crippen LogP contribution in [-0.2, 0) is 11.2 Å². The molecule has 76 valence electrons. The number of carbonyl (C=O) groups is 1. The van der Waals surface area contributed by atoms with Crippen LogP contribution in [0.3, 0.4) is 0 Å². The van der Waals surface area contributed by atoms with Gasteiger partial charge in [-0.1, -0.05) is 36.2 Å². The van der Waals surface area contributed by atoms with Crippen LogP contribution in [0.2, 0.25) is 10.0 Å². The molecule has 1 aromatic carbocycles. The minimum atomic E-state index is 0.101. The van der Waals surface area contributed by atoms with Gasteiger partial charge in [-0.3, -0.25) is 0 Å². The van der Waals surface area contributed by atoms with Gasteiger partial charge in [0.1, 0.15) is 6.29 Å². The van der Waals surface area contributed by atoms with E-state index in [1.54, 1.807) is 6.07 Å². The second kappa shape index (κ2) is 5.38. The monoisotopic (exact) mass is 230 g/mol. The summed E-state index contributed by atoms with van der Waals surface area (Å²) in [7, 11) is 0. The first-order chi connectivity index (χ1) is 6.63. The Balaban J connectivity index is 2.59. The number of rotatable bonds is 4. The summed E-state index contributed by atoms with van der Waals surface area (Å²) >= 11 is 11.6. The third-order valence-corrected chi connectivity index (χ3v) is 2.84. The van der Waals surface area contributed by atoms with Gasteiger partial charge in [-0.25, -0.2) is 0 Å². The number of halogens is 2. The summed E-state index contributed by atoms with van der Waals surface area (Å²) in [6.07, 6.45) is 2.68. The van der Waals surface area contributed by atoms with Gasteiger partial charge >= 0.3 is 0 Å². The molecule has 1 nitrogen and oxygen atoms in total. The van der Waals surface area contributed by atoms with Gasteiger partial charge in [0.2, 0.25) is 0 Å². The largest absolute Gasteiger partial charge is 0.303 e. The fourth-order valence-corrected chi connectivity index (χ4v) is 1.48. The molecule has 0 bridgehead atoms. The van der Waals surface area contributed by atoms with Gasteiger partial charge in [-0.15, -0.1) is 0 Å². The Morgan fingerprint density at radius 2 is 2.07 bits per heavy atom. The third-order valence-electron chi connectivity index (χ3n) is 2.10. The van der Waals surface area contributed by atoms with E-state index in [0.29, 0.717) is 10.0 Å². The molecule has 0 amide bonds. The van der Waals surface area contributed by atoms with Crippen LogP contribution in [0, 0.1) is 5.92 Å². The van der Waals surface area contributed by atoms with Crippen molar-refractivity contribution in [2.45, 2.75) is 19.8 Å². The molecule has 0 N–H and O–H groups in total. The lowest BCUT2D eigenvalue weighted by Crippen LogP contribution is -1.98. The van der Waals surface area contributed by atoms with Gasteiger partial charge in [0.05, 0.1) is 10.0 Å². The first-order valence-corrected chi connectivity index (χ1v) is 5.28. The van der Waals surface area contributed by atoms with E-state index in [9.17, 15) is 4.79 Å². The Labute approximate surface area is 94.0 Å². The maximum atomic E-state index is 10.4. The Morgan fingerprint density at radius 1 is 1.36 bits per heavy atom. The molecule has 14 heavy (non-hydrogen) atoms. The smallest absolute Gasteiger partial charge is 0.122 e. The quantitative estimate of drug-likeness (QED) is 0.721. The highest BCUT2D eigenvalue weighted by Gasteiger charge is 2.02. The summed E-state index contributed by atoms with van der Waals surface area (Å²) in [5, 5.41) is 1.14. The van der Waals surface area contributed by atoms with Crippen molar-refractivity contribution in [3.05, 3.63) is 33.8 Å². The average Bonchev–Trinajstić information content (AvgIpc) is 2.19. The molecule has 0 saturated carbocycles. The maximum absolute atomic E-state index is 10.4. The molecule has 0 fully saturated rings. The van der Waals surface area contributed by atoms with E-state index >= 15 is 0 Å². The van der Waals surface area contributed by atoms with Crippen LogP contribution in [0.25, 0.3) is 0 Å². The number of carbonyl (C=O) groups excluding carboxylic acids is 1. The molecule has 0 heterocycles. The molecule has 1 aromatic rings. The van der Waals surface area contributed by atoms with Gasteiger partial charge < -0.3 is 4.79 Å². The minimum Gasteiger partial charge on any atom is -0.303 e. The first-order valence-electron chi connectivity index (χ1n) is 4.52. The van der Waals surface area contributed by atoms with Crippen molar-refractivity contribution in [1.82, 2.24) is 0 Å². The molecule has 0 spiro atoms. The number of hydrogen-bond donors (Lipinski definition) is 0. The molecular formula is C11H12Cl2O. The predicted molar refractivity (Wildman–Crippen MR) is 60.0 cm³/mol. The van der Waals surface area contributed by atoms with Crippen LogP contribution in [0.1, 0.15) is 18.9 Å². The van der Waals surface area contributed by atoms with E-state index in [1.807, 2.05) is 19.1 Å². The van der Waals surface area contributed by atoms with Crippen molar-refractivity contribution in [1.29, 1.82) is 0 Å². The second-order valence-corrected chi connectivity index (χ2v) is 4.21. The van der Waals surface area contributed by atoms with Crippen molar-refractivity contribution in [3.8, 4) is 0 Å². The fourth-order valence-electron chi connectivity index (χ4n) is 1.16. The SMILES string of the molecule is CC(C=O)CCc1ccc(Cl)c(Cl)c1. The summed E-state index contributed by atoms with van der Waals surface area (Å²) < 4.78 is 0. The maximum Gasteiger partial charge on any atom is 0.122 e. The van der Waals surface area contributed by atoms with E-state index < -0.39 is 0 Å². The normalized spacial score (nSPS) is 12.5. The molecule has 0 aromatic heterocycles. The molecule has 3 heteroatoms. The van der Waals surface area contributed by atoms with Crippen molar-refractivity contribution in [2.24, 2.45) is 5.92 Å². The minimum absolute atomic E-state index is 0.101. The third kappa shape index (κ3) is 3.32. The number of aldehydes is 1. The van der Waals surface area contributed by atoms with Gasteiger partial charge in [0.25, 0.3) is 0 Å². The van der Waals surface area contributed by atoms with E-state index in [2.05, 4.69) is 0 Å². The zero-order chi connectivity index (χ0) is 10.6. The van der Waals surface area contributed by atoms with Crippen LogP contribution in [0.15, 0.2) is 18.2 Å². The molecule has 0 saturated heterocycles. The lowest BCUT2D eigenvalue weighted by molar-refractivity contribution is -0.110. The summed E-state index contributed by atoms with van der Waals surface area (Å²) in [5.74, 6) is 0.101. The number of aryl methyl sites for hydroxylation is 1. The van der Waals surface area contributed by atoms with Crippen LogP contribution in [0.5, 0.6) is 0 Å². The first kappa shape index (κ1) is 11.5. The lowest BCUT2D eigenvalue weighted by atomic mass is 10.0. The highest BCUT2D eigenvalue weighted by molar-refractivity contribution is 6.42. The Morgan fingerprint density at radius 3 is 2.64 bits per heavy atom. The molecule has 1 atom stereocenters. The predicted octanol–water partition coefficient (Wildman–Crippen LogP) is 3.76. The van der Waals surface area contributed by atoms with Crippen LogP contribution >= 0.6 is 23.2 Å². The van der Waals surface area contributed by atoms with Crippen molar-refractivity contribution in [3.63, 3.8) is 0 Å². The molecule has 1 rings (SSSR count). The lowest BCUT2D eigenvalue weighted by Gasteiger charge is -2.04. The topological polar surface area (TPSA) is 17.1 Å². The number of hydrogen-bond acceptors (Lipinski definition) is 1. The molecule has 0 aliphatic heterocycles. The van der Waals surface area contributed by atoms with Crippen molar-refractivity contribution >= 4 is 29.5 Å². The molecule has 0 aliphatic carbocycles.